The molecule has 1 aliphatic rings. The van der Waals surface area contributed by atoms with Crippen molar-refractivity contribution >= 4 is 44.6 Å². The van der Waals surface area contributed by atoms with Crippen molar-refractivity contribution < 1.29 is 23.9 Å². The van der Waals surface area contributed by atoms with E-state index in [4.69, 9.17) is 15.2 Å². The number of aldehydes is 1. The zero-order chi connectivity index (χ0) is 31.4. The van der Waals surface area contributed by atoms with E-state index in [2.05, 4.69) is 29.6 Å². The zero-order valence-electron chi connectivity index (χ0n) is 25.2. The van der Waals surface area contributed by atoms with Gasteiger partial charge in [0, 0.05) is 61.9 Å². The van der Waals surface area contributed by atoms with Crippen LogP contribution in [0.3, 0.4) is 0 Å². The van der Waals surface area contributed by atoms with Gasteiger partial charge in [0.15, 0.2) is 12.0 Å². The molecule has 4 rings (SSSR count). The van der Waals surface area contributed by atoms with Crippen molar-refractivity contribution in [3.63, 3.8) is 0 Å². The van der Waals surface area contributed by atoms with Crippen LogP contribution >= 0.6 is 20.6 Å². The summed E-state index contributed by atoms with van der Waals surface area (Å²) in [5.41, 5.74) is 8.05. The summed E-state index contributed by atoms with van der Waals surface area (Å²) in [7, 11) is 2.42. The third-order valence-corrected chi connectivity index (χ3v) is 7.34. The molecule has 3 aromatic rings. The van der Waals surface area contributed by atoms with Gasteiger partial charge in [0.1, 0.15) is 16.3 Å². The van der Waals surface area contributed by atoms with Crippen LogP contribution < -0.4 is 11.1 Å². The predicted molar refractivity (Wildman–Crippen MR) is 171 cm³/mol. The molecule has 0 aliphatic carbocycles. The summed E-state index contributed by atoms with van der Waals surface area (Å²) in [5.74, 6) is -0.390. The molecule has 0 aromatic carbocycles. The van der Waals surface area contributed by atoms with Gasteiger partial charge in [-0.25, -0.2) is 9.78 Å². The van der Waals surface area contributed by atoms with Gasteiger partial charge in [0.25, 0.3) is 5.91 Å². The molecule has 0 radical (unpaired) electrons. The number of nitrogens with zero attached hydrogens (tertiary/aromatic N) is 5. The number of carbonyl (C=O) groups is 3. The van der Waals surface area contributed by atoms with Crippen molar-refractivity contribution in [3.8, 4) is 10.6 Å². The van der Waals surface area contributed by atoms with Gasteiger partial charge in [-0.3, -0.25) is 19.3 Å². The maximum absolute atomic E-state index is 12.9. The molecule has 234 valence electrons. The topological polar surface area (TPSA) is 155 Å². The van der Waals surface area contributed by atoms with Crippen molar-refractivity contribution in [2.75, 3.05) is 45.2 Å². The number of nitrogens with two attached hydrogens (primary N) is 1. The van der Waals surface area contributed by atoms with Crippen molar-refractivity contribution in [1.82, 2.24) is 30.0 Å². The molecule has 1 atom stereocenters. The summed E-state index contributed by atoms with van der Waals surface area (Å²) in [6.07, 6.45) is 6.55. The predicted octanol–water partition coefficient (Wildman–Crippen LogP) is 4.24. The highest BCUT2D eigenvalue weighted by Crippen LogP contribution is 2.24. The highest BCUT2D eigenvalue weighted by Gasteiger charge is 2.24. The lowest BCUT2D eigenvalue weighted by atomic mass is 10.1. The SMILES string of the molecule is CC(C)(C)OC(=O)N(CCCc1cc(-c2nc(C=O)cs2)ccn1)CCNC(=O)c1nn(C2CCOCC2)cc1N.CP. The van der Waals surface area contributed by atoms with Crippen LogP contribution in [0.1, 0.15) is 72.7 Å². The minimum absolute atomic E-state index is 0.154. The number of hydrogen-bond acceptors (Lipinski definition) is 10. The lowest BCUT2D eigenvalue weighted by molar-refractivity contribution is 0.0248. The van der Waals surface area contributed by atoms with E-state index in [1.54, 1.807) is 27.4 Å². The first kappa shape index (κ1) is 34.1. The van der Waals surface area contributed by atoms with Crippen molar-refractivity contribution in [2.24, 2.45) is 0 Å². The fraction of sp³-hybridized carbons (Fsp3) is 0.517. The highest BCUT2D eigenvalue weighted by atomic mass is 32.1. The van der Waals surface area contributed by atoms with Gasteiger partial charge in [-0.05, 0) is 58.6 Å². The monoisotopic (exact) mass is 631 g/mol. The van der Waals surface area contributed by atoms with E-state index in [0.717, 1.165) is 35.4 Å². The second-order valence-corrected chi connectivity index (χ2v) is 11.7. The molecule has 43 heavy (non-hydrogen) atoms. The Morgan fingerprint density at radius 3 is 2.70 bits per heavy atom. The van der Waals surface area contributed by atoms with E-state index in [1.165, 1.54) is 11.3 Å². The normalized spacial score (nSPS) is 13.5. The quantitative estimate of drug-likeness (QED) is 0.234. The van der Waals surface area contributed by atoms with Crippen molar-refractivity contribution in [2.45, 2.75) is 58.1 Å². The number of amides is 2. The molecule has 4 heterocycles. The molecule has 3 N–H and O–H groups in total. The van der Waals surface area contributed by atoms with E-state index < -0.39 is 17.6 Å². The number of ether oxygens (including phenoxy) is 2. The molecule has 12 nitrogen and oxygen atoms in total. The third kappa shape index (κ3) is 10.4. The van der Waals surface area contributed by atoms with Crippen LogP contribution in [0.25, 0.3) is 10.6 Å². The number of rotatable bonds is 11. The molecule has 1 aliphatic heterocycles. The van der Waals surface area contributed by atoms with E-state index >= 15 is 0 Å². The van der Waals surface area contributed by atoms with Crippen LogP contribution in [0.4, 0.5) is 10.5 Å². The first-order chi connectivity index (χ1) is 20.6. The van der Waals surface area contributed by atoms with Crippen LogP contribution in [0, 0.1) is 0 Å². The summed E-state index contributed by atoms with van der Waals surface area (Å²) < 4.78 is 12.8. The number of hydrogen-bond donors (Lipinski definition) is 2. The Morgan fingerprint density at radius 2 is 2.02 bits per heavy atom. The number of pyridine rings is 1. The summed E-state index contributed by atoms with van der Waals surface area (Å²) in [6.45, 7) is 9.53. The Bertz CT molecular complexity index is 1350. The van der Waals surface area contributed by atoms with E-state index in [9.17, 15) is 14.4 Å². The molecule has 0 spiro atoms. The number of anilines is 1. The van der Waals surface area contributed by atoms with Gasteiger partial charge >= 0.3 is 6.09 Å². The Kier molecular flexibility index (Phi) is 13.0. The van der Waals surface area contributed by atoms with Crippen LogP contribution in [0.5, 0.6) is 0 Å². The molecule has 14 heteroatoms. The Hall–Kier alpha value is -3.41. The number of aryl methyl sites for hydroxylation is 1. The second-order valence-electron chi connectivity index (χ2n) is 10.8. The molecule has 0 saturated carbocycles. The highest BCUT2D eigenvalue weighted by molar-refractivity contribution is 7.15. The second kappa shape index (κ2) is 16.4. The van der Waals surface area contributed by atoms with Gasteiger partial charge in [-0.15, -0.1) is 20.6 Å². The molecular weight excluding hydrogens is 589 g/mol. The van der Waals surface area contributed by atoms with E-state index in [1.807, 2.05) is 39.6 Å². The minimum Gasteiger partial charge on any atom is -0.444 e. The summed E-state index contributed by atoms with van der Waals surface area (Å²) in [4.78, 5) is 47.1. The van der Waals surface area contributed by atoms with Gasteiger partial charge in [0.05, 0.1) is 11.7 Å². The maximum atomic E-state index is 12.9. The van der Waals surface area contributed by atoms with Crippen LogP contribution in [-0.2, 0) is 15.9 Å². The summed E-state index contributed by atoms with van der Waals surface area (Å²) in [6, 6.07) is 3.95. The number of aromatic nitrogens is 4. The van der Waals surface area contributed by atoms with Crippen LogP contribution in [0.15, 0.2) is 29.9 Å². The largest absolute Gasteiger partial charge is 0.444 e. The van der Waals surface area contributed by atoms with Gasteiger partial charge in [-0.1, -0.05) is 6.66 Å². The first-order valence-electron chi connectivity index (χ1n) is 14.2. The first-order valence-corrected chi connectivity index (χ1v) is 16.3. The van der Waals surface area contributed by atoms with Crippen LogP contribution in [-0.4, -0.2) is 88.0 Å². The van der Waals surface area contributed by atoms with Gasteiger partial charge < -0.3 is 25.4 Å². The Morgan fingerprint density at radius 1 is 1.28 bits per heavy atom. The van der Waals surface area contributed by atoms with Gasteiger partial charge in [0.2, 0.25) is 0 Å². The lowest BCUT2D eigenvalue weighted by Crippen LogP contribution is -2.42. The number of nitrogen functional groups attached to an aromatic ring is 1. The van der Waals surface area contributed by atoms with E-state index in [-0.39, 0.29) is 24.8 Å². The van der Waals surface area contributed by atoms with Gasteiger partial charge in [-0.2, -0.15) is 5.10 Å². The molecule has 0 bridgehead atoms. The number of nitrogens with one attached hydrogen (secondary N) is 1. The summed E-state index contributed by atoms with van der Waals surface area (Å²) >= 11 is 1.40. The molecule has 1 fully saturated rings. The number of carbonyl (C=O) groups excluding carboxylic acids is 3. The van der Waals surface area contributed by atoms with Crippen molar-refractivity contribution in [1.29, 1.82) is 0 Å². The molecular formula is C29H42N7O5PS. The lowest BCUT2D eigenvalue weighted by Gasteiger charge is -2.27. The van der Waals surface area contributed by atoms with Crippen molar-refractivity contribution in [3.05, 3.63) is 47.0 Å². The third-order valence-electron chi connectivity index (χ3n) is 6.43. The fourth-order valence-electron chi connectivity index (χ4n) is 4.40. The number of thiazole rings is 1. The molecule has 1 saturated heterocycles. The average Bonchev–Trinajstić information content (AvgIpc) is 3.64. The Labute approximate surface area is 258 Å². The molecule has 1 unspecified atom stereocenters. The average molecular weight is 632 g/mol. The molecule has 2 amide bonds. The Balaban J connectivity index is 0.00000248. The maximum Gasteiger partial charge on any atom is 0.410 e. The fourth-order valence-corrected chi connectivity index (χ4v) is 5.16. The minimum atomic E-state index is -0.659. The smallest absolute Gasteiger partial charge is 0.410 e. The molecule has 3 aromatic heterocycles. The standard InChI is InChI=1S/C28H37N7O5S.CH5P/c1-28(2,3)40-27(38)34(11-4-5-20-15-19(6-9-30-20)26-32-21(17-36)18-41-26)12-10-31-25(37)24-23(29)16-35(33-24)22-7-13-39-14-8-22;1-2/h6,9,15-18,22H,4-5,7-8,10-14,29H2,1-3H3,(H,31,37);2H2,1H3. The zero-order valence-corrected chi connectivity index (χ0v) is 27.2. The van der Waals surface area contributed by atoms with E-state index in [0.29, 0.717) is 44.0 Å². The van der Waals surface area contributed by atoms with Crippen LogP contribution in [0.2, 0.25) is 0 Å². The summed E-state index contributed by atoms with van der Waals surface area (Å²) in [5, 5.41) is 9.72.